The first kappa shape index (κ1) is 59.1. The molecule has 4 bridgehead atoms. The molecule has 6 saturated carbocycles. The maximum absolute atomic E-state index is 15.1. The highest BCUT2D eigenvalue weighted by Crippen LogP contribution is 2.70. The van der Waals surface area contributed by atoms with E-state index in [0.29, 0.717) is 42.4 Å². The largest absolute Gasteiger partial charge is 0.494 e. The lowest BCUT2D eigenvalue weighted by Gasteiger charge is -2.61. The summed E-state index contributed by atoms with van der Waals surface area (Å²) in [4.78, 5) is 66.0. The van der Waals surface area contributed by atoms with Gasteiger partial charge >= 0.3 is 32.1 Å². The van der Waals surface area contributed by atoms with E-state index in [-0.39, 0.29) is 101 Å². The third-order valence-electron chi connectivity index (χ3n) is 22.4. The number of ether oxygens (including phenoxy) is 3. The fourth-order valence-corrected chi connectivity index (χ4v) is 17.0. The minimum Gasteiger partial charge on any atom is -0.462 e. The van der Waals surface area contributed by atoms with Gasteiger partial charge in [0.2, 0.25) is 0 Å². The zero-order chi connectivity index (χ0) is 57.5. The minimum atomic E-state index is -1.39. The Morgan fingerprint density at radius 3 is 1.56 bits per heavy atom. The molecule has 0 aromatic heterocycles. The molecule has 4 N–H and O–H groups in total. The Morgan fingerprint density at radius 1 is 0.671 bits per heavy atom. The number of esters is 3. The second kappa shape index (κ2) is 21.6. The van der Waals surface area contributed by atoms with Crippen molar-refractivity contribution in [2.45, 2.75) is 176 Å². The van der Waals surface area contributed by atoms with E-state index in [9.17, 15) is 48.6 Å². The second-order valence-electron chi connectivity index (χ2n) is 26.0. The average molecular weight is 1100 g/mol. The van der Waals surface area contributed by atoms with Crippen LogP contribution in [0.3, 0.4) is 0 Å². The standard InChI is InChI=1S/C31H40BFO8.C30H40BFO6/c1-6-29(4)14-22(30(5)17(2)9-11-31(18(3)28(29)37)12-10-21(34)27(30)31)41-24(36)16-39-23(35)13-19-7-8-20-15-40-32(38)25(20)26(19)33;1-6-28(4)15-22(38-23(34)10-9-19-7-8-20-16-37-31(36)24(20)25(19)32)29(5)17(2)11-13-30(18(3)27(28)35)14-12-21(33)26(29)30/h6-8,17-18,22,27-28,37-38H,1,9-16H2,2-5H3;6-8,17-18,22,26-27,35-36H,1,9-16H2,2-5H3/t17-,18+,22-,27+,28+,29-,30+,31+;17-,18+,22-,26+,27+,28-,29+,30+/m11/s1. The van der Waals surface area contributed by atoms with Crippen LogP contribution < -0.4 is 10.9 Å². The van der Waals surface area contributed by atoms with Crippen LogP contribution >= 0.6 is 0 Å². The molecule has 8 aliphatic rings. The van der Waals surface area contributed by atoms with E-state index >= 15 is 4.39 Å². The number of halogens is 2. The summed E-state index contributed by atoms with van der Waals surface area (Å²) >= 11 is 0. The van der Waals surface area contributed by atoms with Crippen molar-refractivity contribution in [2.24, 2.45) is 68.0 Å². The average Bonchev–Trinajstić information content (AvgIpc) is 3.74. The number of ketones is 2. The van der Waals surface area contributed by atoms with Crippen LogP contribution in [0.15, 0.2) is 49.6 Å². The number of rotatable bonds is 11. The molecular formula is C61H80B2F2O14. The lowest BCUT2D eigenvalue weighted by molar-refractivity contribution is -0.208. The zero-order valence-electron chi connectivity index (χ0n) is 47.2. The predicted molar refractivity (Wildman–Crippen MR) is 290 cm³/mol. The van der Waals surface area contributed by atoms with Crippen LogP contribution in [-0.2, 0) is 73.5 Å². The molecule has 0 radical (unpaired) electrons. The molecule has 2 aromatic rings. The van der Waals surface area contributed by atoms with Gasteiger partial charge in [0, 0.05) is 63.7 Å². The Hall–Kier alpha value is -4.58. The summed E-state index contributed by atoms with van der Waals surface area (Å²) in [6.45, 7) is 24.0. The Kier molecular flexibility index (Phi) is 16.2. The van der Waals surface area contributed by atoms with Crippen molar-refractivity contribution < 1.29 is 76.5 Å². The fraction of sp³-hybridized carbons (Fsp3) is 0.656. The van der Waals surface area contributed by atoms with Gasteiger partial charge < -0.3 is 43.8 Å². The quantitative estimate of drug-likeness (QED) is 0.0779. The lowest BCUT2D eigenvalue weighted by Crippen LogP contribution is -2.63. The number of benzene rings is 2. The minimum absolute atomic E-state index is 0.00754. The first-order chi connectivity index (χ1) is 37.2. The molecule has 2 aromatic carbocycles. The van der Waals surface area contributed by atoms with Gasteiger partial charge in [-0.3, -0.25) is 19.2 Å². The summed E-state index contributed by atoms with van der Waals surface area (Å²) < 4.78 is 57.6. The van der Waals surface area contributed by atoms with Crippen LogP contribution in [-0.4, -0.2) is 95.0 Å². The molecule has 79 heavy (non-hydrogen) atoms. The normalized spacial score (nSPS) is 39.1. The molecule has 18 heteroatoms. The molecule has 10 rings (SSSR count). The number of aliphatic hydroxyl groups excluding tert-OH is 2. The van der Waals surface area contributed by atoms with Crippen LogP contribution in [0.2, 0.25) is 0 Å². The van der Waals surface area contributed by atoms with Crippen LogP contribution in [0.5, 0.6) is 0 Å². The molecular weight excluding hydrogens is 1020 g/mol. The number of hydrogen-bond acceptors (Lipinski definition) is 14. The molecule has 6 aliphatic carbocycles. The predicted octanol–water partition coefficient (Wildman–Crippen LogP) is 6.92. The summed E-state index contributed by atoms with van der Waals surface area (Å²) in [5.74, 6) is -3.63. The number of aliphatic hydroxyl groups is 2. The smallest absolute Gasteiger partial charge is 0.462 e. The van der Waals surface area contributed by atoms with E-state index in [1.165, 1.54) is 6.07 Å². The van der Waals surface area contributed by atoms with Gasteiger partial charge in [-0.05, 0) is 115 Å². The maximum atomic E-state index is 15.1. The van der Waals surface area contributed by atoms with Gasteiger partial charge in [-0.1, -0.05) is 91.8 Å². The lowest BCUT2D eigenvalue weighted by atomic mass is 9.44. The molecule has 428 valence electrons. The second-order valence-corrected chi connectivity index (χ2v) is 26.0. The van der Waals surface area contributed by atoms with Crippen molar-refractivity contribution in [3.63, 3.8) is 0 Å². The van der Waals surface area contributed by atoms with E-state index in [4.69, 9.17) is 23.5 Å². The van der Waals surface area contributed by atoms with E-state index in [0.717, 1.165) is 32.1 Å². The number of Topliss-reactive ketones (excluding diaryl/α,β-unsaturated/α-hetero) is 2. The van der Waals surface area contributed by atoms with Crippen molar-refractivity contribution in [3.05, 3.63) is 83.5 Å². The highest BCUT2D eigenvalue weighted by atomic mass is 19.1. The number of carbonyl (C=O) groups is 5. The van der Waals surface area contributed by atoms with Gasteiger partial charge in [0.25, 0.3) is 0 Å². The first-order valence-electron chi connectivity index (χ1n) is 28.6. The molecule has 0 amide bonds. The Balaban J connectivity index is 0.000000192. The molecule has 14 nitrogen and oxygen atoms in total. The van der Waals surface area contributed by atoms with Gasteiger partial charge in [-0.2, -0.15) is 0 Å². The van der Waals surface area contributed by atoms with E-state index < -0.39 is 108 Å². The Labute approximate surface area is 464 Å². The maximum Gasteiger partial charge on any atom is 0.494 e. The monoisotopic (exact) mass is 1100 g/mol. The number of carbonyl (C=O) groups excluding carboxylic acids is 5. The van der Waals surface area contributed by atoms with E-state index in [1.807, 2.05) is 27.7 Å². The van der Waals surface area contributed by atoms with Crippen molar-refractivity contribution in [2.75, 3.05) is 6.61 Å². The van der Waals surface area contributed by atoms with Crippen LogP contribution in [0.4, 0.5) is 8.78 Å². The fourth-order valence-electron chi connectivity index (χ4n) is 17.0. The Morgan fingerprint density at radius 2 is 1.10 bits per heavy atom. The topological polar surface area (TPSA) is 212 Å². The number of aryl methyl sites for hydroxylation is 1. The SMILES string of the molecule is C=C[C@]1(C)C[C@@H](OC(=O)CCc2ccc3c(c2F)B(O)OC3)[C@]2(C)[C@H](C)CC[C@]3(CCC(=O)[C@H]32)[C@@H](C)[C@@H]1O.C=C[C@]1(C)C[C@@H](OC(=O)COC(=O)Cc2ccc3c(c2F)B(O)OC3)[C@]2(C)[C@H](C)CC[C@]3(CCC(=O)[C@H]32)[C@@H](C)[C@@H]1O. The molecule has 0 spiro atoms. The van der Waals surface area contributed by atoms with Gasteiger partial charge in [0.1, 0.15) is 35.4 Å². The van der Waals surface area contributed by atoms with Gasteiger partial charge in [-0.15, -0.1) is 13.2 Å². The molecule has 16 atom stereocenters. The highest BCUT2D eigenvalue weighted by Gasteiger charge is 2.70. The van der Waals surface area contributed by atoms with Crippen molar-refractivity contribution in [3.8, 4) is 0 Å². The summed E-state index contributed by atoms with van der Waals surface area (Å²) in [7, 11) is -2.69. The summed E-state index contributed by atoms with van der Waals surface area (Å²) in [6.07, 6.45) is 6.78. The number of hydrogen-bond donors (Lipinski definition) is 4. The molecule has 6 fully saturated rings. The van der Waals surface area contributed by atoms with Crippen molar-refractivity contribution >= 4 is 54.6 Å². The van der Waals surface area contributed by atoms with Crippen LogP contribution in [0, 0.1) is 79.6 Å². The van der Waals surface area contributed by atoms with Crippen LogP contribution in [0.25, 0.3) is 0 Å². The van der Waals surface area contributed by atoms with Crippen LogP contribution in [0.1, 0.15) is 148 Å². The summed E-state index contributed by atoms with van der Waals surface area (Å²) in [5.41, 5.74) is -1.85. The van der Waals surface area contributed by atoms with Gasteiger partial charge in [-0.25, -0.2) is 13.6 Å². The third-order valence-corrected chi connectivity index (χ3v) is 22.4. The third kappa shape index (κ3) is 9.61. The highest BCUT2D eigenvalue weighted by molar-refractivity contribution is 6.62. The van der Waals surface area contributed by atoms with Gasteiger partial charge in [0.05, 0.1) is 31.8 Å². The molecule has 2 aliphatic heterocycles. The molecule has 0 saturated heterocycles. The Bertz CT molecular complexity index is 2790. The summed E-state index contributed by atoms with van der Waals surface area (Å²) in [5, 5.41) is 43.1. The van der Waals surface area contributed by atoms with Gasteiger partial charge in [0.15, 0.2) is 6.61 Å². The summed E-state index contributed by atoms with van der Waals surface area (Å²) in [6, 6.07) is 6.37. The molecule has 2 heterocycles. The molecule has 0 unspecified atom stereocenters. The van der Waals surface area contributed by atoms with E-state index in [2.05, 4.69) is 40.9 Å². The van der Waals surface area contributed by atoms with Crippen molar-refractivity contribution in [1.82, 2.24) is 0 Å². The van der Waals surface area contributed by atoms with E-state index in [1.54, 1.807) is 30.4 Å². The first-order valence-corrected chi connectivity index (χ1v) is 28.6. The number of fused-ring (bicyclic) bond motifs is 2. The zero-order valence-corrected chi connectivity index (χ0v) is 47.2. The van der Waals surface area contributed by atoms with Crippen molar-refractivity contribution in [1.29, 1.82) is 0 Å².